The summed E-state index contributed by atoms with van der Waals surface area (Å²) in [4.78, 5) is 20.8. The van der Waals surface area contributed by atoms with Crippen molar-refractivity contribution in [2.75, 3.05) is 38.0 Å². The van der Waals surface area contributed by atoms with Crippen molar-refractivity contribution in [3.63, 3.8) is 0 Å². The molecule has 0 spiro atoms. The summed E-state index contributed by atoms with van der Waals surface area (Å²) in [6.45, 7) is 1.21. The number of ether oxygens (including phenoxy) is 2. The van der Waals surface area contributed by atoms with Gasteiger partial charge in [-0.3, -0.25) is 0 Å². The first-order chi connectivity index (χ1) is 12.7. The number of nitrogens with one attached hydrogen (secondary N) is 2. The minimum Gasteiger partial charge on any atom is -0.465 e. The highest BCUT2D eigenvalue weighted by atomic mass is 16.5. The van der Waals surface area contributed by atoms with Gasteiger partial charge in [0.1, 0.15) is 5.82 Å². The lowest BCUT2D eigenvalue weighted by atomic mass is 10.2. The van der Waals surface area contributed by atoms with Crippen LogP contribution in [0, 0.1) is 0 Å². The number of methoxy groups -OCH3 is 2. The van der Waals surface area contributed by atoms with E-state index in [2.05, 4.69) is 20.6 Å². The van der Waals surface area contributed by atoms with Gasteiger partial charge in [-0.2, -0.15) is 4.98 Å². The summed E-state index contributed by atoms with van der Waals surface area (Å²) in [6, 6.07) is 14.8. The maximum Gasteiger partial charge on any atom is 0.337 e. The number of hydrogen-bond acceptors (Lipinski definition) is 7. The Morgan fingerprint density at radius 3 is 2.73 bits per heavy atom. The number of anilines is 3. The van der Waals surface area contributed by atoms with Crippen LogP contribution in [0.15, 0.2) is 48.5 Å². The Labute approximate surface area is 151 Å². The Hall–Kier alpha value is -3.19. The molecule has 134 valence electrons. The van der Waals surface area contributed by atoms with E-state index in [1.807, 2.05) is 30.3 Å². The van der Waals surface area contributed by atoms with Crippen molar-refractivity contribution >= 4 is 34.3 Å². The van der Waals surface area contributed by atoms with E-state index in [0.29, 0.717) is 30.4 Å². The zero-order valence-corrected chi connectivity index (χ0v) is 14.7. The van der Waals surface area contributed by atoms with Crippen molar-refractivity contribution in [1.82, 2.24) is 9.97 Å². The van der Waals surface area contributed by atoms with Crippen molar-refractivity contribution in [2.24, 2.45) is 0 Å². The molecule has 0 radical (unpaired) electrons. The molecular weight excluding hydrogens is 332 g/mol. The molecule has 26 heavy (non-hydrogen) atoms. The van der Waals surface area contributed by atoms with E-state index in [4.69, 9.17) is 9.47 Å². The first kappa shape index (κ1) is 17.6. The Bertz CT molecular complexity index is 914. The molecule has 0 aliphatic carbocycles. The van der Waals surface area contributed by atoms with Crippen LogP contribution in [-0.2, 0) is 9.47 Å². The number of aromatic nitrogens is 2. The average Bonchev–Trinajstić information content (AvgIpc) is 2.67. The SMILES string of the molecule is COCCNc1nc(Nc2cccc(C(=O)OC)c2)nc2ccccc12. The Morgan fingerprint density at radius 1 is 1.08 bits per heavy atom. The lowest BCUT2D eigenvalue weighted by molar-refractivity contribution is 0.0601. The summed E-state index contributed by atoms with van der Waals surface area (Å²) < 4.78 is 9.84. The molecule has 2 aromatic carbocycles. The molecule has 0 aliphatic heterocycles. The number of esters is 1. The van der Waals surface area contributed by atoms with Crippen molar-refractivity contribution < 1.29 is 14.3 Å². The second kappa shape index (κ2) is 8.26. The van der Waals surface area contributed by atoms with Gasteiger partial charge >= 0.3 is 5.97 Å². The van der Waals surface area contributed by atoms with Gasteiger partial charge < -0.3 is 20.1 Å². The molecule has 0 fully saturated rings. The van der Waals surface area contributed by atoms with Gasteiger partial charge in [-0.25, -0.2) is 9.78 Å². The fourth-order valence-electron chi connectivity index (χ4n) is 2.51. The molecule has 7 nitrogen and oxygen atoms in total. The number of carbonyl (C=O) groups is 1. The van der Waals surface area contributed by atoms with Gasteiger partial charge in [-0.05, 0) is 30.3 Å². The molecule has 0 saturated heterocycles. The number of carbonyl (C=O) groups excluding carboxylic acids is 1. The Balaban J connectivity index is 1.91. The van der Waals surface area contributed by atoms with Crippen molar-refractivity contribution in [1.29, 1.82) is 0 Å². The number of benzene rings is 2. The van der Waals surface area contributed by atoms with Gasteiger partial charge in [-0.1, -0.05) is 18.2 Å². The summed E-state index contributed by atoms with van der Waals surface area (Å²) in [5.74, 6) is 0.764. The monoisotopic (exact) mass is 352 g/mol. The van der Waals surface area contributed by atoms with Crippen LogP contribution in [0.1, 0.15) is 10.4 Å². The lowest BCUT2D eigenvalue weighted by Crippen LogP contribution is -2.10. The van der Waals surface area contributed by atoms with Gasteiger partial charge in [0.15, 0.2) is 0 Å². The summed E-state index contributed by atoms with van der Waals surface area (Å²) in [7, 11) is 3.01. The Kier molecular flexibility index (Phi) is 5.60. The van der Waals surface area contributed by atoms with Gasteiger partial charge in [0.25, 0.3) is 0 Å². The first-order valence-electron chi connectivity index (χ1n) is 8.16. The van der Waals surface area contributed by atoms with E-state index in [1.165, 1.54) is 7.11 Å². The number of nitrogens with zero attached hydrogens (tertiary/aromatic N) is 2. The summed E-state index contributed by atoms with van der Waals surface area (Å²) in [5, 5.41) is 7.34. The number of fused-ring (bicyclic) bond motifs is 1. The van der Waals surface area contributed by atoms with Crippen LogP contribution < -0.4 is 10.6 Å². The maximum atomic E-state index is 11.7. The van der Waals surface area contributed by atoms with Crippen LogP contribution in [0.4, 0.5) is 17.5 Å². The largest absolute Gasteiger partial charge is 0.465 e. The van der Waals surface area contributed by atoms with E-state index in [9.17, 15) is 4.79 Å². The third-order valence-corrected chi connectivity index (χ3v) is 3.74. The predicted molar refractivity (Wildman–Crippen MR) is 101 cm³/mol. The highest BCUT2D eigenvalue weighted by Gasteiger charge is 2.09. The molecule has 7 heteroatoms. The summed E-state index contributed by atoms with van der Waals surface area (Å²) in [6.07, 6.45) is 0. The van der Waals surface area contributed by atoms with Crippen molar-refractivity contribution in [2.45, 2.75) is 0 Å². The van der Waals surface area contributed by atoms with E-state index < -0.39 is 5.97 Å². The van der Waals surface area contributed by atoms with Crippen LogP contribution in [0.3, 0.4) is 0 Å². The summed E-state index contributed by atoms with van der Waals surface area (Å²) >= 11 is 0. The zero-order chi connectivity index (χ0) is 18.4. The topological polar surface area (TPSA) is 85.4 Å². The van der Waals surface area contributed by atoms with Gasteiger partial charge in [-0.15, -0.1) is 0 Å². The van der Waals surface area contributed by atoms with Crippen LogP contribution in [0.5, 0.6) is 0 Å². The molecule has 1 aromatic heterocycles. The average molecular weight is 352 g/mol. The number of hydrogen-bond donors (Lipinski definition) is 2. The molecule has 2 N–H and O–H groups in total. The first-order valence-corrected chi connectivity index (χ1v) is 8.16. The molecule has 1 heterocycles. The standard InChI is InChI=1S/C19H20N4O3/c1-25-11-10-20-17-15-8-3-4-9-16(15)22-19(23-17)21-14-7-5-6-13(12-14)18(24)26-2/h3-9,12H,10-11H2,1-2H3,(H2,20,21,22,23). The molecule has 3 aromatic rings. The fraction of sp³-hybridized carbons (Fsp3) is 0.211. The predicted octanol–water partition coefficient (Wildman–Crippen LogP) is 3.22. The minimum atomic E-state index is -0.394. The van der Waals surface area contributed by atoms with E-state index >= 15 is 0 Å². The molecule has 0 aliphatic rings. The van der Waals surface area contributed by atoms with Crippen LogP contribution in [-0.4, -0.2) is 43.3 Å². The van der Waals surface area contributed by atoms with Gasteiger partial charge in [0.05, 0.1) is 24.8 Å². The number of rotatable bonds is 7. The third-order valence-electron chi connectivity index (χ3n) is 3.74. The van der Waals surface area contributed by atoms with E-state index in [0.717, 1.165) is 16.7 Å². The maximum absolute atomic E-state index is 11.7. The second-order valence-corrected chi connectivity index (χ2v) is 5.53. The molecular formula is C19H20N4O3. The van der Waals surface area contributed by atoms with E-state index in [-0.39, 0.29) is 0 Å². The van der Waals surface area contributed by atoms with E-state index in [1.54, 1.807) is 25.3 Å². The minimum absolute atomic E-state index is 0.394. The summed E-state index contributed by atoms with van der Waals surface area (Å²) in [5.41, 5.74) is 1.97. The normalized spacial score (nSPS) is 10.5. The highest BCUT2D eigenvalue weighted by molar-refractivity contribution is 5.91. The molecule has 3 rings (SSSR count). The molecule has 0 amide bonds. The van der Waals surface area contributed by atoms with Crippen LogP contribution in [0.25, 0.3) is 10.9 Å². The molecule has 0 unspecified atom stereocenters. The fourth-order valence-corrected chi connectivity index (χ4v) is 2.51. The second-order valence-electron chi connectivity index (χ2n) is 5.53. The van der Waals surface area contributed by atoms with Crippen LogP contribution in [0.2, 0.25) is 0 Å². The van der Waals surface area contributed by atoms with Crippen molar-refractivity contribution in [3.8, 4) is 0 Å². The smallest absolute Gasteiger partial charge is 0.337 e. The quantitative estimate of drug-likeness (QED) is 0.499. The van der Waals surface area contributed by atoms with Crippen LogP contribution >= 0.6 is 0 Å². The lowest BCUT2D eigenvalue weighted by Gasteiger charge is -2.12. The highest BCUT2D eigenvalue weighted by Crippen LogP contribution is 2.23. The molecule has 0 atom stereocenters. The Morgan fingerprint density at radius 2 is 1.92 bits per heavy atom. The van der Waals surface area contributed by atoms with Gasteiger partial charge in [0, 0.05) is 24.7 Å². The third kappa shape index (κ3) is 4.07. The zero-order valence-electron chi connectivity index (χ0n) is 14.7. The van der Waals surface area contributed by atoms with Gasteiger partial charge in [0.2, 0.25) is 5.95 Å². The molecule has 0 saturated carbocycles. The molecule has 0 bridgehead atoms. The number of para-hydroxylation sites is 1. The van der Waals surface area contributed by atoms with Crippen molar-refractivity contribution in [3.05, 3.63) is 54.1 Å².